The molecule has 7 aromatic rings. The van der Waals surface area contributed by atoms with Crippen LogP contribution < -0.4 is 5.32 Å². The minimum atomic E-state index is -0.411. The van der Waals surface area contributed by atoms with E-state index in [0.29, 0.717) is 40.3 Å². The van der Waals surface area contributed by atoms with Gasteiger partial charge in [-0.3, -0.25) is 10.1 Å². The predicted molar refractivity (Wildman–Crippen MR) is 203 cm³/mol. The van der Waals surface area contributed by atoms with Gasteiger partial charge in [-0.05, 0) is 65.6 Å². The second-order valence-electron chi connectivity index (χ2n) is 11.4. The highest BCUT2D eigenvalue weighted by molar-refractivity contribution is 7.17. The predicted octanol–water partition coefficient (Wildman–Crippen LogP) is 9.08. The van der Waals surface area contributed by atoms with Crippen molar-refractivity contribution in [3.63, 3.8) is 0 Å². The lowest BCUT2D eigenvalue weighted by Gasteiger charge is -2.10. The van der Waals surface area contributed by atoms with Crippen molar-refractivity contribution in [3.05, 3.63) is 127 Å². The zero-order valence-electron chi connectivity index (χ0n) is 28.2. The Labute approximate surface area is 310 Å². The number of benzene rings is 3. The highest BCUT2D eigenvalue weighted by Gasteiger charge is 2.16. The first kappa shape index (κ1) is 36.0. The van der Waals surface area contributed by atoms with Crippen LogP contribution in [0.4, 0.5) is 11.5 Å². The monoisotopic (exact) mass is 752 g/mol. The topological polar surface area (TPSA) is 159 Å². The van der Waals surface area contributed by atoms with Gasteiger partial charge in [0.2, 0.25) is 0 Å². The van der Waals surface area contributed by atoms with Crippen molar-refractivity contribution in [3.8, 4) is 22.8 Å². The number of non-ortho nitro benzene ring substituents is 1. The number of rotatable bonds is 8. The summed E-state index contributed by atoms with van der Waals surface area (Å²) in [5.41, 5.74) is 5.45. The molecule has 0 aliphatic carbocycles. The second kappa shape index (κ2) is 15.6. The molecule has 0 atom stereocenters. The third-order valence-electron chi connectivity index (χ3n) is 7.90. The average Bonchev–Trinajstić information content (AvgIpc) is 3.75. The molecule has 0 fully saturated rings. The molecule has 0 unspecified atom stereocenters. The summed E-state index contributed by atoms with van der Waals surface area (Å²) >= 11 is 9.31. The molecule has 0 radical (unpaired) electrons. The molecule has 3 aromatic carbocycles. The number of aryl methyl sites for hydroxylation is 2. The van der Waals surface area contributed by atoms with Crippen molar-refractivity contribution in [1.82, 2.24) is 19.9 Å². The first-order chi connectivity index (χ1) is 25.1. The molecular weight excluding hydrogens is 724 g/mol. The quantitative estimate of drug-likeness (QED) is 0.0683. The van der Waals surface area contributed by atoms with E-state index in [0.717, 1.165) is 48.3 Å². The van der Waals surface area contributed by atoms with Crippen LogP contribution >= 0.6 is 34.3 Å². The summed E-state index contributed by atoms with van der Waals surface area (Å²) in [6.07, 6.45) is 0. The maximum absolute atomic E-state index is 11.7. The molecule has 52 heavy (non-hydrogen) atoms. The first-order valence-corrected chi connectivity index (χ1v) is 17.7. The zero-order valence-corrected chi connectivity index (χ0v) is 30.6. The largest absolute Gasteiger partial charge is 0.465 e. The molecule has 0 bridgehead atoms. The number of anilines is 1. The Hall–Kier alpha value is -5.83. The molecule has 0 spiro atoms. The highest BCUT2D eigenvalue weighted by atomic mass is 35.5. The van der Waals surface area contributed by atoms with E-state index in [1.807, 2.05) is 30.7 Å². The van der Waals surface area contributed by atoms with Gasteiger partial charge < -0.3 is 14.8 Å². The zero-order chi connectivity index (χ0) is 36.9. The first-order valence-electron chi connectivity index (χ1n) is 15.6. The minimum Gasteiger partial charge on any atom is -0.465 e. The number of nitrogens with one attached hydrogen (secondary N) is 1. The normalized spacial score (nSPS) is 10.8. The number of ether oxygens (including phenoxy) is 2. The average molecular weight is 753 g/mol. The Bertz CT molecular complexity index is 2450. The van der Waals surface area contributed by atoms with Crippen molar-refractivity contribution in [1.29, 1.82) is 0 Å². The van der Waals surface area contributed by atoms with E-state index in [1.165, 1.54) is 49.0 Å². The number of esters is 2. The summed E-state index contributed by atoms with van der Waals surface area (Å²) in [5, 5.41) is 20.6. The van der Waals surface area contributed by atoms with E-state index >= 15 is 0 Å². The molecule has 15 heteroatoms. The number of carbonyl (C=O) groups is 2. The molecule has 4 heterocycles. The Morgan fingerprint density at radius 2 is 1.29 bits per heavy atom. The molecule has 0 aliphatic heterocycles. The summed E-state index contributed by atoms with van der Waals surface area (Å²) in [6.45, 7) is 4.36. The summed E-state index contributed by atoms with van der Waals surface area (Å²) < 4.78 is 9.41. The summed E-state index contributed by atoms with van der Waals surface area (Å²) in [7, 11) is 2.69. The van der Waals surface area contributed by atoms with Gasteiger partial charge in [-0.2, -0.15) is 0 Å². The molecule has 1 N–H and O–H groups in total. The van der Waals surface area contributed by atoms with Crippen molar-refractivity contribution >= 4 is 78.2 Å². The lowest BCUT2D eigenvalue weighted by atomic mass is 10.1. The Morgan fingerprint density at radius 3 is 1.83 bits per heavy atom. The van der Waals surface area contributed by atoms with Crippen molar-refractivity contribution < 1.29 is 24.0 Å². The van der Waals surface area contributed by atoms with Gasteiger partial charge >= 0.3 is 11.9 Å². The molecule has 4 aromatic heterocycles. The third-order valence-corrected chi connectivity index (χ3v) is 10.2. The SMILES string of the molecule is COC(=O)c1ccc(-c2nc(Cl)c3c(C)csc3n2)cc1.COC(=O)c1ccc(-c2nc(NCc3cccc([N+](=O)[O-])c3)c3c(C)csc3n2)cc1. The molecule has 0 aliphatic rings. The molecule has 0 saturated heterocycles. The highest BCUT2D eigenvalue weighted by Crippen LogP contribution is 2.33. The fourth-order valence-corrected chi connectivity index (χ4v) is 7.43. The number of hydrogen-bond acceptors (Lipinski definition) is 13. The van der Waals surface area contributed by atoms with Crippen LogP contribution in [0.3, 0.4) is 0 Å². The number of methoxy groups -OCH3 is 2. The number of nitro groups is 1. The minimum absolute atomic E-state index is 0.0465. The number of nitro benzene ring substituents is 1. The summed E-state index contributed by atoms with van der Waals surface area (Å²) in [4.78, 5) is 53.7. The van der Waals surface area contributed by atoms with E-state index in [1.54, 1.807) is 54.6 Å². The van der Waals surface area contributed by atoms with E-state index in [4.69, 9.17) is 21.3 Å². The maximum atomic E-state index is 11.7. The van der Waals surface area contributed by atoms with Gasteiger partial charge in [-0.15, -0.1) is 22.7 Å². The fourth-order valence-electron chi connectivity index (χ4n) is 5.22. The molecule has 7 rings (SSSR count). The van der Waals surface area contributed by atoms with Crippen LogP contribution in [-0.4, -0.2) is 51.0 Å². The fraction of sp³-hybridized carbons (Fsp3) is 0.135. The van der Waals surface area contributed by atoms with Crippen LogP contribution in [-0.2, 0) is 16.0 Å². The van der Waals surface area contributed by atoms with Crippen molar-refractivity contribution in [2.24, 2.45) is 0 Å². The van der Waals surface area contributed by atoms with E-state index in [9.17, 15) is 19.7 Å². The number of carbonyl (C=O) groups excluding carboxylic acids is 2. The number of aromatic nitrogens is 4. The number of halogens is 1. The number of nitrogens with zero attached hydrogens (tertiary/aromatic N) is 5. The summed E-state index contributed by atoms with van der Waals surface area (Å²) in [5.74, 6) is 0.946. The Kier molecular flexibility index (Phi) is 10.8. The van der Waals surface area contributed by atoms with Gasteiger partial charge in [0.25, 0.3) is 5.69 Å². The van der Waals surface area contributed by atoms with Crippen LogP contribution in [0.15, 0.2) is 83.6 Å². The molecule has 0 amide bonds. The van der Waals surface area contributed by atoms with Crippen LogP contribution in [0.5, 0.6) is 0 Å². The lowest BCUT2D eigenvalue weighted by Crippen LogP contribution is -2.05. The van der Waals surface area contributed by atoms with Gasteiger partial charge in [0.1, 0.15) is 20.6 Å². The van der Waals surface area contributed by atoms with Crippen LogP contribution in [0.2, 0.25) is 5.15 Å². The Morgan fingerprint density at radius 1 is 0.769 bits per heavy atom. The molecular formula is C37H29ClN6O6S2. The standard InChI is InChI=1S/C22H18N4O4S.C15H11ClN2O2S/c1-13-12-31-21-18(13)20(23-11-14-4-3-5-17(10-14)26(28)29)24-19(25-21)15-6-8-16(9-7-15)22(27)30-2;1-8-7-21-14-11(8)12(16)17-13(18-14)9-3-5-10(6-4-9)15(19)20-2/h3-10,12H,11H2,1-2H3,(H,23,24,25);3-7H,1-2H3. The van der Waals surface area contributed by atoms with Crippen LogP contribution in [0, 0.1) is 24.0 Å². The van der Waals surface area contributed by atoms with Gasteiger partial charge in [0.05, 0.1) is 41.0 Å². The van der Waals surface area contributed by atoms with E-state index in [-0.39, 0.29) is 11.7 Å². The van der Waals surface area contributed by atoms with Gasteiger partial charge in [-0.25, -0.2) is 29.5 Å². The van der Waals surface area contributed by atoms with Crippen molar-refractivity contribution in [2.75, 3.05) is 19.5 Å². The number of thiophene rings is 2. The molecule has 12 nitrogen and oxygen atoms in total. The lowest BCUT2D eigenvalue weighted by molar-refractivity contribution is -0.384. The van der Waals surface area contributed by atoms with E-state index in [2.05, 4.69) is 25.0 Å². The van der Waals surface area contributed by atoms with Crippen LogP contribution in [0.25, 0.3) is 43.2 Å². The molecule has 0 saturated carbocycles. The van der Waals surface area contributed by atoms with E-state index < -0.39 is 10.9 Å². The van der Waals surface area contributed by atoms with Crippen molar-refractivity contribution in [2.45, 2.75) is 20.4 Å². The molecule has 262 valence electrons. The van der Waals surface area contributed by atoms with Gasteiger partial charge in [-0.1, -0.05) is 48.0 Å². The maximum Gasteiger partial charge on any atom is 0.337 e. The van der Waals surface area contributed by atoms with Gasteiger partial charge in [0.15, 0.2) is 11.6 Å². The van der Waals surface area contributed by atoms with Crippen LogP contribution in [0.1, 0.15) is 37.4 Å². The smallest absolute Gasteiger partial charge is 0.337 e. The Balaban J connectivity index is 0.000000192. The van der Waals surface area contributed by atoms with Gasteiger partial charge in [0, 0.05) is 29.8 Å². The number of fused-ring (bicyclic) bond motifs is 2. The summed E-state index contributed by atoms with van der Waals surface area (Å²) in [6, 6.07) is 20.3. The third kappa shape index (κ3) is 7.73. The second-order valence-corrected chi connectivity index (χ2v) is 13.4. The number of hydrogen-bond donors (Lipinski definition) is 1.